The van der Waals surface area contributed by atoms with Gasteiger partial charge < -0.3 is 24.4 Å². The Labute approximate surface area is 170 Å². The lowest BCUT2D eigenvalue weighted by Gasteiger charge is -2.20. The Morgan fingerprint density at radius 2 is 1.69 bits per heavy atom. The molecule has 1 aliphatic rings. The topological polar surface area (TPSA) is 77.1 Å². The number of amides is 2. The molecule has 1 fully saturated rings. The number of hydrogen-bond acceptors (Lipinski definition) is 5. The summed E-state index contributed by atoms with van der Waals surface area (Å²) in [6.07, 6.45) is 0.146. The summed E-state index contributed by atoms with van der Waals surface area (Å²) in [4.78, 5) is 27.0. The number of nitrogens with one attached hydrogen (secondary N) is 1. The summed E-state index contributed by atoms with van der Waals surface area (Å²) in [6.45, 7) is 4.20. The van der Waals surface area contributed by atoms with Crippen LogP contribution in [-0.4, -0.2) is 39.7 Å². The van der Waals surface area contributed by atoms with Crippen molar-refractivity contribution in [2.24, 2.45) is 5.92 Å². The molecule has 0 saturated carbocycles. The van der Waals surface area contributed by atoms with Gasteiger partial charge in [0.15, 0.2) is 11.5 Å². The zero-order chi connectivity index (χ0) is 21.1. The number of carbonyl (C=O) groups excluding carboxylic acids is 2. The number of benzene rings is 2. The average molecular weight is 398 g/mol. The van der Waals surface area contributed by atoms with Crippen LogP contribution in [0.15, 0.2) is 30.3 Å². The predicted octanol–water partition coefficient (Wildman–Crippen LogP) is 3.32. The average Bonchev–Trinajstić information content (AvgIpc) is 3.11. The van der Waals surface area contributed by atoms with E-state index in [0.717, 1.165) is 16.8 Å². The molecule has 1 saturated heterocycles. The predicted molar refractivity (Wildman–Crippen MR) is 111 cm³/mol. The third-order valence-electron chi connectivity index (χ3n) is 5.11. The molecule has 0 spiro atoms. The van der Waals surface area contributed by atoms with Crippen LogP contribution < -0.4 is 24.4 Å². The molecule has 7 nitrogen and oxygen atoms in total. The van der Waals surface area contributed by atoms with E-state index < -0.39 is 5.92 Å². The molecule has 0 radical (unpaired) electrons. The standard InChI is InChI=1S/C22H26N2O5/c1-13-6-7-14(2)17(8-13)23-22(26)15-9-20(25)24(12-15)16-10-18(27-3)21(29-5)19(11-16)28-4/h6-8,10-11,15H,9,12H2,1-5H3,(H,23,26). The lowest BCUT2D eigenvalue weighted by molar-refractivity contribution is -0.122. The fourth-order valence-electron chi connectivity index (χ4n) is 3.46. The first-order chi connectivity index (χ1) is 13.9. The van der Waals surface area contributed by atoms with Crippen molar-refractivity contribution in [3.05, 3.63) is 41.5 Å². The maximum atomic E-state index is 12.8. The van der Waals surface area contributed by atoms with Crippen molar-refractivity contribution < 1.29 is 23.8 Å². The van der Waals surface area contributed by atoms with E-state index in [0.29, 0.717) is 22.9 Å². The molecular formula is C22H26N2O5. The van der Waals surface area contributed by atoms with Gasteiger partial charge in [0.2, 0.25) is 17.6 Å². The molecule has 1 unspecified atom stereocenters. The highest BCUT2D eigenvalue weighted by molar-refractivity contribution is 6.04. The molecule has 29 heavy (non-hydrogen) atoms. The van der Waals surface area contributed by atoms with Crippen molar-refractivity contribution >= 4 is 23.2 Å². The Morgan fingerprint density at radius 3 is 2.28 bits per heavy atom. The molecule has 2 amide bonds. The molecule has 0 bridgehead atoms. The monoisotopic (exact) mass is 398 g/mol. The Bertz CT molecular complexity index is 916. The molecule has 154 valence electrons. The molecule has 1 heterocycles. The van der Waals surface area contributed by atoms with E-state index in [1.54, 1.807) is 17.0 Å². The number of methoxy groups -OCH3 is 3. The van der Waals surface area contributed by atoms with Gasteiger partial charge in [0.1, 0.15) is 0 Å². The SMILES string of the molecule is COc1cc(N2CC(C(=O)Nc3cc(C)ccc3C)CC2=O)cc(OC)c1OC. The van der Waals surface area contributed by atoms with Crippen LogP contribution in [0.2, 0.25) is 0 Å². The third kappa shape index (κ3) is 4.13. The van der Waals surface area contributed by atoms with Crippen LogP contribution in [-0.2, 0) is 9.59 Å². The summed E-state index contributed by atoms with van der Waals surface area (Å²) in [5.74, 6) is 0.634. The van der Waals surface area contributed by atoms with Crippen molar-refractivity contribution in [1.82, 2.24) is 0 Å². The molecule has 2 aromatic rings. The van der Waals surface area contributed by atoms with Crippen LogP contribution in [0.5, 0.6) is 17.2 Å². The molecule has 0 aliphatic carbocycles. The number of aryl methyl sites for hydroxylation is 2. The summed E-state index contributed by atoms with van der Waals surface area (Å²) in [5, 5.41) is 2.96. The van der Waals surface area contributed by atoms with Crippen molar-refractivity contribution in [1.29, 1.82) is 0 Å². The molecule has 0 aromatic heterocycles. The van der Waals surface area contributed by atoms with E-state index in [-0.39, 0.29) is 24.8 Å². The minimum absolute atomic E-state index is 0.125. The highest BCUT2D eigenvalue weighted by Crippen LogP contribution is 2.42. The summed E-state index contributed by atoms with van der Waals surface area (Å²) in [7, 11) is 4.56. The molecule has 2 aromatic carbocycles. The van der Waals surface area contributed by atoms with Gasteiger partial charge in [0.05, 0.1) is 32.9 Å². The maximum Gasteiger partial charge on any atom is 0.229 e. The summed E-state index contributed by atoms with van der Waals surface area (Å²) >= 11 is 0. The van der Waals surface area contributed by atoms with Gasteiger partial charge in [-0.15, -0.1) is 0 Å². The minimum atomic E-state index is -0.443. The van der Waals surface area contributed by atoms with E-state index in [4.69, 9.17) is 14.2 Å². The van der Waals surface area contributed by atoms with Crippen LogP contribution in [0.3, 0.4) is 0 Å². The summed E-state index contributed by atoms with van der Waals surface area (Å²) in [6, 6.07) is 9.32. The zero-order valence-electron chi connectivity index (χ0n) is 17.4. The molecule has 1 aliphatic heterocycles. The highest BCUT2D eigenvalue weighted by atomic mass is 16.5. The fraction of sp³-hybridized carbons (Fsp3) is 0.364. The largest absolute Gasteiger partial charge is 0.493 e. The molecular weight excluding hydrogens is 372 g/mol. The smallest absolute Gasteiger partial charge is 0.229 e. The number of anilines is 2. The molecule has 1 atom stereocenters. The van der Waals surface area contributed by atoms with Gasteiger partial charge >= 0.3 is 0 Å². The van der Waals surface area contributed by atoms with Crippen LogP contribution in [0.1, 0.15) is 17.5 Å². The van der Waals surface area contributed by atoms with Gasteiger partial charge in [-0.25, -0.2) is 0 Å². The van der Waals surface area contributed by atoms with Gasteiger partial charge in [-0.3, -0.25) is 9.59 Å². The number of rotatable bonds is 6. The Balaban J connectivity index is 1.81. The Morgan fingerprint density at radius 1 is 1.03 bits per heavy atom. The highest BCUT2D eigenvalue weighted by Gasteiger charge is 2.36. The van der Waals surface area contributed by atoms with Crippen LogP contribution in [0.4, 0.5) is 11.4 Å². The lowest BCUT2D eigenvalue weighted by Crippen LogP contribution is -2.28. The number of ether oxygens (including phenoxy) is 3. The van der Waals surface area contributed by atoms with E-state index in [1.807, 2.05) is 32.0 Å². The van der Waals surface area contributed by atoms with Crippen molar-refractivity contribution in [2.45, 2.75) is 20.3 Å². The van der Waals surface area contributed by atoms with Gasteiger partial charge in [-0.2, -0.15) is 0 Å². The third-order valence-corrected chi connectivity index (χ3v) is 5.11. The zero-order valence-corrected chi connectivity index (χ0v) is 17.4. The Kier molecular flexibility index (Phi) is 5.96. The second kappa shape index (κ2) is 8.43. The second-order valence-corrected chi connectivity index (χ2v) is 7.10. The van der Waals surface area contributed by atoms with Crippen molar-refractivity contribution in [2.75, 3.05) is 38.1 Å². The van der Waals surface area contributed by atoms with Gasteiger partial charge in [0.25, 0.3) is 0 Å². The fourth-order valence-corrected chi connectivity index (χ4v) is 3.46. The Hall–Kier alpha value is -3.22. The first-order valence-corrected chi connectivity index (χ1v) is 9.36. The van der Waals surface area contributed by atoms with Crippen LogP contribution in [0.25, 0.3) is 0 Å². The summed E-state index contributed by atoms with van der Waals surface area (Å²) < 4.78 is 16.1. The van der Waals surface area contributed by atoms with Crippen molar-refractivity contribution in [3.63, 3.8) is 0 Å². The number of carbonyl (C=O) groups is 2. The van der Waals surface area contributed by atoms with Crippen LogP contribution in [0, 0.1) is 19.8 Å². The van der Waals surface area contributed by atoms with Gasteiger partial charge in [-0.1, -0.05) is 12.1 Å². The van der Waals surface area contributed by atoms with E-state index >= 15 is 0 Å². The second-order valence-electron chi connectivity index (χ2n) is 7.10. The number of nitrogens with zero attached hydrogens (tertiary/aromatic N) is 1. The van der Waals surface area contributed by atoms with Crippen molar-refractivity contribution in [3.8, 4) is 17.2 Å². The van der Waals surface area contributed by atoms with Gasteiger partial charge in [0, 0.05) is 30.8 Å². The summed E-state index contributed by atoms with van der Waals surface area (Å²) in [5.41, 5.74) is 3.42. The molecule has 1 N–H and O–H groups in total. The minimum Gasteiger partial charge on any atom is -0.493 e. The van der Waals surface area contributed by atoms with Crippen LogP contribution >= 0.6 is 0 Å². The lowest BCUT2D eigenvalue weighted by atomic mass is 10.1. The quantitative estimate of drug-likeness (QED) is 0.808. The maximum absolute atomic E-state index is 12.8. The molecule has 3 rings (SSSR count). The van der Waals surface area contributed by atoms with E-state index in [2.05, 4.69) is 5.32 Å². The van der Waals surface area contributed by atoms with Gasteiger partial charge in [-0.05, 0) is 31.0 Å². The normalized spacial score (nSPS) is 16.0. The number of hydrogen-bond donors (Lipinski definition) is 1. The van der Waals surface area contributed by atoms with E-state index in [9.17, 15) is 9.59 Å². The first kappa shape index (κ1) is 20.5. The first-order valence-electron chi connectivity index (χ1n) is 9.36. The van der Waals surface area contributed by atoms with E-state index in [1.165, 1.54) is 21.3 Å². The molecule has 7 heteroatoms.